The largest absolute Gasteiger partial charge is 0.352 e. The second kappa shape index (κ2) is 9.37. The van der Waals surface area contributed by atoms with Gasteiger partial charge < -0.3 is 10.2 Å². The van der Waals surface area contributed by atoms with Crippen molar-refractivity contribution in [1.82, 2.24) is 24.9 Å². The molecule has 6 nitrogen and oxygen atoms in total. The van der Waals surface area contributed by atoms with E-state index >= 15 is 0 Å². The summed E-state index contributed by atoms with van der Waals surface area (Å²) < 4.78 is 2.03. The van der Waals surface area contributed by atoms with Gasteiger partial charge in [0.25, 0.3) is 0 Å². The highest BCUT2D eigenvalue weighted by atomic mass is 32.1. The molecule has 3 heterocycles. The van der Waals surface area contributed by atoms with Crippen molar-refractivity contribution >= 4 is 17.3 Å². The topological polar surface area (TPSA) is 48.7 Å². The molecule has 1 fully saturated rings. The van der Waals surface area contributed by atoms with Crippen LogP contribution >= 0.6 is 11.3 Å². The molecule has 0 amide bonds. The maximum Gasteiger partial charge on any atom is 0.194 e. The van der Waals surface area contributed by atoms with Crippen molar-refractivity contribution in [2.45, 2.75) is 39.8 Å². The van der Waals surface area contributed by atoms with E-state index in [1.807, 2.05) is 30.1 Å². The summed E-state index contributed by atoms with van der Waals surface area (Å²) in [4.78, 5) is 10.9. The van der Waals surface area contributed by atoms with Crippen LogP contribution in [-0.4, -0.2) is 58.8 Å². The third-order valence-electron chi connectivity index (χ3n) is 5.29. The zero-order valence-corrected chi connectivity index (χ0v) is 17.8. The Bertz CT molecular complexity index is 741. The monoisotopic (exact) mass is 388 g/mol. The number of nitrogens with one attached hydrogen (secondary N) is 1. The molecule has 1 aliphatic rings. The van der Waals surface area contributed by atoms with Crippen LogP contribution in [0, 0.1) is 0 Å². The molecule has 0 unspecified atom stereocenters. The summed E-state index contributed by atoms with van der Waals surface area (Å²) in [5.74, 6) is 0.999. The minimum absolute atomic E-state index is 0.794. The second-order valence-electron chi connectivity index (χ2n) is 6.95. The van der Waals surface area contributed by atoms with E-state index in [0.29, 0.717) is 0 Å². The summed E-state index contributed by atoms with van der Waals surface area (Å²) >= 11 is 1.84. The van der Waals surface area contributed by atoms with Crippen LogP contribution in [0.3, 0.4) is 0 Å². The number of aromatic nitrogens is 2. The fourth-order valence-electron chi connectivity index (χ4n) is 3.83. The molecule has 148 valence electrons. The van der Waals surface area contributed by atoms with Crippen LogP contribution in [0.5, 0.6) is 0 Å². The molecule has 1 saturated heterocycles. The van der Waals surface area contributed by atoms with Crippen molar-refractivity contribution in [3.8, 4) is 0 Å². The van der Waals surface area contributed by atoms with Crippen LogP contribution in [0.25, 0.3) is 0 Å². The molecule has 0 atom stereocenters. The molecular formula is C20H32N6S. The number of aryl methyl sites for hydroxylation is 2. The molecule has 0 spiro atoms. The predicted octanol–water partition coefficient (Wildman–Crippen LogP) is 2.50. The molecule has 2 aromatic heterocycles. The van der Waals surface area contributed by atoms with Crippen molar-refractivity contribution in [2.75, 3.05) is 33.2 Å². The van der Waals surface area contributed by atoms with Crippen LogP contribution in [0.15, 0.2) is 22.5 Å². The van der Waals surface area contributed by atoms with Gasteiger partial charge in [0.2, 0.25) is 0 Å². The van der Waals surface area contributed by atoms with Gasteiger partial charge >= 0.3 is 0 Å². The van der Waals surface area contributed by atoms with Crippen LogP contribution in [-0.2, 0) is 33.0 Å². The second-order valence-corrected chi connectivity index (χ2v) is 7.98. The van der Waals surface area contributed by atoms with E-state index in [2.05, 4.69) is 56.6 Å². The molecule has 0 radical (unpaired) electrons. The summed E-state index contributed by atoms with van der Waals surface area (Å²) in [5, 5.41) is 10.4. The Hall–Kier alpha value is -1.86. The molecule has 0 saturated carbocycles. The SMILES string of the molecule is CCc1nn(C)c(CC)c1CNC(=NC)N1CCN(Cc2cccs2)CC1. The van der Waals surface area contributed by atoms with Gasteiger partial charge in [-0.1, -0.05) is 19.9 Å². The first-order valence-electron chi connectivity index (χ1n) is 9.90. The van der Waals surface area contributed by atoms with Gasteiger partial charge in [0.15, 0.2) is 5.96 Å². The molecule has 0 aliphatic carbocycles. The predicted molar refractivity (Wildman–Crippen MR) is 113 cm³/mol. The molecule has 1 N–H and O–H groups in total. The van der Waals surface area contributed by atoms with Crippen LogP contribution in [0.1, 0.15) is 35.7 Å². The summed E-state index contributed by atoms with van der Waals surface area (Å²) in [7, 11) is 3.92. The molecule has 2 aromatic rings. The van der Waals surface area contributed by atoms with E-state index in [0.717, 1.165) is 58.1 Å². The molecule has 0 bridgehead atoms. The Morgan fingerprint density at radius 2 is 2.00 bits per heavy atom. The van der Waals surface area contributed by atoms with Crippen molar-refractivity contribution in [3.63, 3.8) is 0 Å². The quantitative estimate of drug-likeness (QED) is 0.610. The van der Waals surface area contributed by atoms with E-state index in [4.69, 9.17) is 0 Å². The maximum absolute atomic E-state index is 4.68. The molecule has 1 aliphatic heterocycles. The summed E-state index contributed by atoms with van der Waals surface area (Å²) in [5.41, 5.74) is 3.84. The lowest BCUT2D eigenvalue weighted by molar-refractivity contribution is 0.173. The van der Waals surface area contributed by atoms with E-state index in [-0.39, 0.29) is 0 Å². The lowest BCUT2D eigenvalue weighted by Crippen LogP contribution is -2.52. The standard InChI is InChI=1S/C20H32N6S/c1-5-18-17(19(6-2)24(4)23-18)14-22-20(21-3)26-11-9-25(10-12-26)15-16-8-7-13-27-16/h7-8,13H,5-6,9-12,14-15H2,1-4H3,(H,21,22). The van der Waals surface area contributed by atoms with Gasteiger partial charge in [-0.25, -0.2) is 0 Å². The van der Waals surface area contributed by atoms with Gasteiger partial charge in [0.05, 0.1) is 5.69 Å². The van der Waals surface area contributed by atoms with E-state index < -0.39 is 0 Å². The Labute approximate surface area is 166 Å². The fourth-order valence-corrected chi connectivity index (χ4v) is 4.58. The Balaban J connectivity index is 1.56. The third-order valence-corrected chi connectivity index (χ3v) is 6.16. The highest BCUT2D eigenvalue weighted by Gasteiger charge is 2.21. The highest BCUT2D eigenvalue weighted by Crippen LogP contribution is 2.16. The first-order valence-corrected chi connectivity index (χ1v) is 10.8. The van der Waals surface area contributed by atoms with Gasteiger partial charge in [0.1, 0.15) is 0 Å². The zero-order chi connectivity index (χ0) is 19.2. The van der Waals surface area contributed by atoms with Crippen molar-refractivity contribution in [3.05, 3.63) is 39.3 Å². The molecule has 3 rings (SSSR count). The van der Waals surface area contributed by atoms with Gasteiger partial charge in [-0.2, -0.15) is 5.10 Å². The van der Waals surface area contributed by atoms with Crippen LogP contribution in [0.4, 0.5) is 0 Å². The van der Waals surface area contributed by atoms with E-state index in [1.165, 1.54) is 21.8 Å². The molecule has 7 heteroatoms. The van der Waals surface area contributed by atoms with Crippen molar-refractivity contribution in [1.29, 1.82) is 0 Å². The van der Waals surface area contributed by atoms with E-state index in [1.54, 1.807) is 0 Å². The van der Waals surface area contributed by atoms with Crippen LogP contribution in [0.2, 0.25) is 0 Å². The Morgan fingerprint density at radius 3 is 2.59 bits per heavy atom. The Morgan fingerprint density at radius 1 is 1.22 bits per heavy atom. The number of rotatable bonds is 6. The first kappa shape index (κ1) is 19.9. The number of nitrogens with zero attached hydrogens (tertiary/aromatic N) is 5. The van der Waals surface area contributed by atoms with Crippen LogP contribution < -0.4 is 5.32 Å². The Kier molecular flexibility index (Phi) is 6.90. The minimum Gasteiger partial charge on any atom is -0.352 e. The average molecular weight is 389 g/mol. The van der Waals surface area contributed by atoms with Gasteiger partial charge in [-0.3, -0.25) is 14.6 Å². The number of guanidine groups is 1. The first-order chi connectivity index (χ1) is 13.2. The molecule has 0 aromatic carbocycles. The number of hydrogen-bond acceptors (Lipinski definition) is 4. The maximum atomic E-state index is 4.68. The lowest BCUT2D eigenvalue weighted by Gasteiger charge is -2.36. The fraction of sp³-hybridized carbons (Fsp3) is 0.600. The normalized spacial score (nSPS) is 16.1. The minimum atomic E-state index is 0.794. The molecule has 27 heavy (non-hydrogen) atoms. The van der Waals surface area contributed by atoms with Gasteiger partial charge in [0, 0.05) is 69.5 Å². The average Bonchev–Trinajstić information content (AvgIpc) is 3.30. The summed E-state index contributed by atoms with van der Waals surface area (Å²) in [6.07, 6.45) is 1.96. The lowest BCUT2D eigenvalue weighted by atomic mass is 10.1. The van der Waals surface area contributed by atoms with Crippen molar-refractivity contribution in [2.24, 2.45) is 12.0 Å². The smallest absolute Gasteiger partial charge is 0.194 e. The van der Waals surface area contributed by atoms with Crippen molar-refractivity contribution < 1.29 is 0 Å². The highest BCUT2D eigenvalue weighted by molar-refractivity contribution is 7.09. The van der Waals surface area contributed by atoms with Gasteiger partial charge in [-0.15, -0.1) is 11.3 Å². The number of piperazine rings is 1. The zero-order valence-electron chi connectivity index (χ0n) is 17.0. The number of thiophene rings is 1. The van der Waals surface area contributed by atoms with Gasteiger partial charge in [-0.05, 0) is 24.3 Å². The third kappa shape index (κ3) is 4.71. The number of hydrogen-bond donors (Lipinski definition) is 1. The van der Waals surface area contributed by atoms with E-state index in [9.17, 15) is 0 Å². The summed E-state index contributed by atoms with van der Waals surface area (Å²) in [6, 6.07) is 4.36. The summed E-state index contributed by atoms with van der Waals surface area (Å²) in [6.45, 7) is 10.4. The molecular weight excluding hydrogens is 356 g/mol. The number of aliphatic imine (C=N–C) groups is 1.